The molecule has 58 valence electrons. The Morgan fingerprint density at radius 2 is 2.30 bits per heavy atom. The summed E-state index contributed by atoms with van der Waals surface area (Å²) in [5.74, 6) is 1.83. The van der Waals surface area contributed by atoms with Crippen LogP contribution in [-0.4, -0.2) is 29.9 Å². The van der Waals surface area contributed by atoms with Crippen molar-refractivity contribution in [2.75, 3.05) is 19.0 Å². The molecule has 0 aromatic rings. The third kappa shape index (κ3) is 1.06. The normalized spacial score (nSPS) is 39.3. The fourth-order valence-electron chi connectivity index (χ4n) is 2.41. The smallest absolute Gasteiger partial charge is 0.0351 e. The summed E-state index contributed by atoms with van der Waals surface area (Å²) in [5.41, 5.74) is 0. The summed E-state index contributed by atoms with van der Waals surface area (Å²) in [6.07, 6.45) is 4.36. The molecule has 2 bridgehead atoms. The highest BCUT2D eigenvalue weighted by molar-refractivity contribution is 6.18. The van der Waals surface area contributed by atoms with Crippen LogP contribution in [0.4, 0.5) is 0 Å². The summed E-state index contributed by atoms with van der Waals surface area (Å²) in [4.78, 5) is 2.56. The molecule has 1 heterocycles. The van der Waals surface area contributed by atoms with Crippen molar-refractivity contribution >= 4 is 11.6 Å². The summed E-state index contributed by atoms with van der Waals surface area (Å²) in [7, 11) is 0. The van der Waals surface area contributed by atoms with Crippen molar-refractivity contribution in [3.63, 3.8) is 0 Å². The summed E-state index contributed by atoms with van der Waals surface area (Å²) in [6, 6.07) is 0.906. The first-order chi connectivity index (χ1) is 4.90. The molecule has 1 aliphatic carbocycles. The number of fused-ring (bicyclic) bond motifs is 2. The number of piperidine rings is 1. The highest BCUT2D eigenvalue weighted by Crippen LogP contribution is 2.36. The van der Waals surface area contributed by atoms with Gasteiger partial charge < -0.3 is 0 Å². The van der Waals surface area contributed by atoms with E-state index in [0.717, 1.165) is 24.4 Å². The zero-order valence-corrected chi connectivity index (χ0v) is 6.98. The Kier molecular flexibility index (Phi) is 1.88. The number of alkyl halides is 1. The summed E-state index contributed by atoms with van der Waals surface area (Å²) in [6.45, 7) is 2.44. The molecule has 1 saturated carbocycles. The Balaban J connectivity index is 1.90. The van der Waals surface area contributed by atoms with Crippen LogP contribution < -0.4 is 0 Å². The molecule has 0 radical (unpaired) electrons. The molecule has 2 atom stereocenters. The molecule has 2 heteroatoms. The summed E-state index contributed by atoms with van der Waals surface area (Å²) < 4.78 is 0. The van der Waals surface area contributed by atoms with Gasteiger partial charge in [-0.1, -0.05) is 0 Å². The molecule has 0 spiro atoms. The number of rotatable bonds is 2. The first kappa shape index (κ1) is 6.93. The molecule has 0 unspecified atom stereocenters. The van der Waals surface area contributed by atoms with Gasteiger partial charge in [-0.25, -0.2) is 0 Å². The maximum atomic E-state index is 5.68. The van der Waals surface area contributed by atoms with E-state index < -0.39 is 0 Å². The molecule has 0 aromatic carbocycles. The average Bonchev–Trinajstić information content (AvgIpc) is 2.48. The van der Waals surface area contributed by atoms with Gasteiger partial charge in [-0.15, -0.1) is 11.6 Å². The van der Waals surface area contributed by atoms with Crippen LogP contribution in [0.15, 0.2) is 0 Å². The Hall–Kier alpha value is 0.250. The predicted octanol–water partition coefficient (Wildman–Crippen LogP) is 1.71. The lowest BCUT2D eigenvalue weighted by molar-refractivity contribution is 0.226. The molecule has 0 amide bonds. The highest BCUT2D eigenvalue weighted by Gasteiger charge is 2.36. The number of nitrogens with zero attached hydrogens (tertiary/aromatic N) is 1. The fourth-order valence-corrected chi connectivity index (χ4v) is 2.63. The van der Waals surface area contributed by atoms with E-state index in [-0.39, 0.29) is 0 Å². The van der Waals surface area contributed by atoms with Crippen LogP contribution >= 0.6 is 11.6 Å². The molecule has 1 aliphatic heterocycles. The lowest BCUT2D eigenvalue weighted by Gasteiger charge is -2.25. The number of likely N-dealkylation sites (tertiary alicyclic amines) is 1. The quantitative estimate of drug-likeness (QED) is 0.555. The Bertz CT molecular complexity index is 126. The van der Waals surface area contributed by atoms with Crippen molar-refractivity contribution in [2.45, 2.75) is 25.3 Å². The Labute approximate surface area is 67.3 Å². The van der Waals surface area contributed by atoms with Gasteiger partial charge in [0.1, 0.15) is 0 Å². The van der Waals surface area contributed by atoms with Gasteiger partial charge in [0.05, 0.1) is 0 Å². The van der Waals surface area contributed by atoms with Crippen molar-refractivity contribution in [3.8, 4) is 0 Å². The molecule has 0 N–H and O–H groups in total. The molecule has 1 saturated heterocycles. The van der Waals surface area contributed by atoms with Crippen molar-refractivity contribution < 1.29 is 0 Å². The van der Waals surface area contributed by atoms with Gasteiger partial charge in [-0.05, 0) is 25.2 Å². The molecule has 2 aliphatic rings. The second-order valence-corrected chi connectivity index (χ2v) is 3.89. The Morgan fingerprint density at radius 1 is 1.40 bits per heavy atom. The first-order valence-corrected chi connectivity index (χ1v) is 4.73. The molecule has 1 nitrogen and oxygen atoms in total. The van der Waals surface area contributed by atoms with Crippen molar-refractivity contribution in [2.24, 2.45) is 5.92 Å². The molecule has 10 heavy (non-hydrogen) atoms. The van der Waals surface area contributed by atoms with E-state index >= 15 is 0 Å². The van der Waals surface area contributed by atoms with E-state index in [1.807, 2.05) is 0 Å². The van der Waals surface area contributed by atoms with E-state index in [9.17, 15) is 0 Å². The minimum absolute atomic E-state index is 0.809. The van der Waals surface area contributed by atoms with E-state index in [1.54, 1.807) is 0 Å². The van der Waals surface area contributed by atoms with E-state index in [4.69, 9.17) is 11.6 Å². The van der Waals surface area contributed by atoms with Gasteiger partial charge >= 0.3 is 0 Å². The average molecular weight is 160 g/mol. The van der Waals surface area contributed by atoms with Crippen molar-refractivity contribution in [1.29, 1.82) is 0 Å². The Morgan fingerprint density at radius 3 is 2.80 bits per heavy atom. The third-order valence-electron chi connectivity index (χ3n) is 2.89. The van der Waals surface area contributed by atoms with Crippen LogP contribution in [0.1, 0.15) is 19.3 Å². The van der Waals surface area contributed by atoms with Gasteiger partial charge in [0, 0.05) is 25.0 Å². The standard InChI is InChI=1S/C8H14ClN/c9-3-4-10-6-7-1-2-8(10)5-7/h7-8H,1-6H2/t7-,8-/m0/s1. The largest absolute Gasteiger partial charge is 0.299 e. The van der Waals surface area contributed by atoms with Gasteiger partial charge in [0.2, 0.25) is 0 Å². The van der Waals surface area contributed by atoms with Crippen LogP contribution in [0, 0.1) is 5.92 Å². The topological polar surface area (TPSA) is 3.24 Å². The number of halogens is 1. The molecule has 2 rings (SSSR count). The first-order valence-electron chi connectivity index (χ1n) is 4.20. The highest BCUT2D eigenvalue weighted by atomic mass is 35.5. The van der Waals surface area contributed by atoms with Crippen LogP contribution in [0.25, 0.3) is 0 Å². The zero-order valence-electron chi connectivity index (χ0n) is 6.22. The van der Waals surface area contributed by atoms with Crippen LogP contribution in [0.3, 0.4) is 0 Å². The van der Waals surface area contributed by atoms with E-state index in [1.165, 1.54) is 25.8 Å². The van der Waals surface area contributed by atoms with E-state index in [2.05, 4.69) is 4.90 Å². The van der Waals surface area contributed by atoms with Crippen LogP contribution in [0.5, 0.6) is 0 Å². The molecular formula is C8H14ClN. The van der Waals surface area contributed by atoms with Crippen LogP contribution in [-0.2, 0) is 0 Å². The number of hydrogen-bond donors (Lipinski definition) is 0. The van der Waals surface area contributed by atoms with Crippen molar-refractivity contribution in [3.05, 3.63) is 0 Å². The van der Waals surface area contributed by atoms with Crippen molar-refractivity contribution in [1.82, 2.24) is 4.90 Å². The zero-order chi connectivity index (χ0) is 6.97. The van der Waals surface area contributed by atoms with Gasteiger partial charge in [0.25, 0.3) is 0 Å². The molecule has 2 fully saturated rings. The van der Waals surface area contributed by atoms with Gasteiger partial charge in [0.15, 0.2) is 0 Å². The SMILES string of the molecule is ClCCN1C[C@H]2CC[C@H]1C2. The predicted molar refractivity (Wildman–Crippen MR) is 43.4 cm³/mol. The lowest BCUT2D eigenvalue weighted by atomic mass is 10.1. The minimum Gasteiger partial charge on any atom is -0.299 e. The third-order valence-corrected chi connectivity index (χ3v) is 3.06. The van der Waals surface area contributed by atoms with E-state index in [0.29, 0.717) is 0 Å². The molecular weight excluding hydrogens is 146 g/mol. The summed E-state index contributed by atoms with van der Waals surface area (Å²) >= 11 is 5.68. The molecule has 0 aromatic heterocycles. The fraction of sp³-hybridized carbons (Fsp3) is 1.00. The lowest BCUT2D eigenvalue weighted by Crippen LogP contribution is -2.33. The van der Waals surface area contributed by atoms with Crippen LogP contribution in [0.2, 0.25) is 0 Å². The second-order valence-electron chi connectivity index (χ2n) is 3.52. The monoisotopic (exact) mass is 159 g/mol. The number of hydrogen-bond acceptors (Lipinski definition) is 1. The summed E-state index contributed by atoms with van der Waals surface area (Å²) in [5, 5.41) is 0. The maximum Gasteiger partial charge on any atom is 0.0351 e. The van der Waals surface area contributed by atoms with Gasteiger partial charge in [-0.3, -0.25) is 4.90 Å². The minimum atomic E-state index is 0.809. The van der Waals surface area contributed by atoms with Gasteiger partial charge in [-0.2, -0.15) is 0 Å². The maximum absolute atomic E-state index is 5.68. The second kappa shape index (κ2) is 2.71.